The van der Waals surface area contributed by atoms with Crippen LogP contribution in [0.25, 0.3) is 11.3 Å². The third-order valence-electron chi connectivity index (χ3n) is 5.08. The number of hydrogen-bond donors (Lipinski definition) is 2. The molecule has 0 radical (unpaired) electrons. The molecule has 1 amide bonds. The van der Waals surface area contributed by atoms with Crippen LogP contribution in [-0.4, -0.2) is 27.0 Å². The van der Waals surface area contributed by atoms with E-state index in [1.54, 1.807) is 12.4 Å². The third-order valence-corrected chi connectivity index (χ3v) is 5.92. The van der Waals surface area contributed by atoms with E-state index >= 15 is 0 Å². The largest absolute Gasteiger partial charge is 0.481 e. The number of carboxylic acid groups (broad SMARTS) is 1. The average molecular weight is 393 g/mol. The molecule has 2 N–H and O–H groups in total. The zero-order valence-corrected chi connectivity index (χ0v) is 15.9. The predicted molar refractivity (Wildman–Crippen MR) is 106 cm³/mol. The first kappa shape index (κ1) is 18.3. The molecule has 142 valence electrons. The summed E-state index contributed by atoms with van der Waals surface area (Å²) >= 11 is 1.47. The second kappa shape index (κ2) is 7.52. The Morgan fingerprint density at radius 1 is 1.11 bits per heavy atom. The van der Waals surface area contributed by atoms with Gasteiger partial charge in [0.25, 0.3) is 0 Å². The summed E-state index contributed by atoms with van der Waals surface area (Å²) in [6, 6.07) is 11.5. The molecule has 1 aliphatic rings. The monoisotopic (exact) mass is 393 g/mol. The van der Waals surface area contributed by atoms with Crippen LogP contribution in [0, 0.1) is 5.41 Å². The molecule has 6 nitrogen and oxygen atoms in total. The number of thiazole rings is 1. The van der Waals surface area contributed by atoms with Crippen molar-refractivity contribution in [2.45, 2.75) is 25.8 Å². The normalized spacial score (nSPS) is 14.4. The van der Waals surface area contributed by atoms with Crippen molar-refractivity contribution < 1.29 is 14.7 Å². The molecule has 0 unspecified atom stereocenters. The van der Waals surface area contributed by atoms with Crippen molar-refractivity contribution in [3.05, 3.63) is 70.3 Å². The van der Waals surface area contributed by atoms with Gasteiger partial charge in [0.15, 0.2) is 0 Å². The number of carbonyl (C=O) groups excluding carboxylic acids is 1. The number of fused-ring (bicyclic) bond motifs is 1. The van der Waals surface area contributed by atoms with E-state index in [1.165, 1.54) is 11.3 Å². The maximum atomic E-state index is 13.0. The molecule has 3 aromatic rings. The molecule has 0 saturated heterocycles. The Hall–Kier alpha value is -3.06. The smallest absolute Gasteiger partial charge is 0.304 e. The fourth-order valence-corrected chi connectivity index (χ4v) is 4.48. The Balaban J connectivity index is 1.47. The summed E-state index contributed by atoms with van der Waals surface area (Å²) in [5, 5.41) is 15.0. The molecule has 2 aromatic heterocycles. The molecule has 7 heteroatoms. The Morgan fingerprint density at radius 2 is 1.79 bits per heavy atom. The number of aromatic nitrogens is 2. The molecule has 0 fully saturated rings. The summed E-state index contributed by atoms with van der Waals surface area (Å²) < 4.78 is 0. The van der Waals surface area contributed by atoms with Crippen LogP contribution < -0.4 is 5.32 Å². The quantitative estimate of drug-likeness (QED) is 0.671. The van der Waals surface area contributed by atoms with Crippen LogP contribution in [0.2, 0.25) is 0 Å². The van der Waals surface area contributed by atoms with Crippen LogP contribution in [0.1, 0.15) is 22.6 Å². The molecule has 2 heterocycles. The van der Waals surface area contributed by atoms with Gasteiger partial charge in [-0.3, -0.25) is 14.6 Å². The zero-order valence-electron chi connectivity index (χ0n) is 15.1. The van der Waals surface area contributed by atoms with Crippen LogP contribution in [0.3, 0.4) is 0 Å². The van der Waals surface area contributed by atoms with E-state index < -0.39 is 11.4 Å². The molecule has 1 aromatic carbocycles. The average Bonchev–Trinajstić information content (AvgIpc) is 3.31. The minimum atomic E-state index is -0.961. The highest BCUT2D eigenvalue weighted by atomic mass is 32.1. The Kier molecular flexibility index (Phi) is 4.92. The van der Waals surface area contributed by atoms with Crippen molar-refractivity contribution in [1.29, 1.82) is 0 Å². The van der Waals surface area contributed by atoms with Crippen LogP contribution in [0.15, 0.2) is 54.2 Å². The topological polar surface area (TPSA) is 92.2 Å². The van der Waals surface area contributed by atoms with Gasteiger partial charge >= 0.3 is 5.97 Å². The maximum absolute atomic E-state index is 13.0. The minimum absolute atomic E-state index is 0.187. The van der Waals surface area contributed by atoms with Gasteiger partial charge in [-0.05, 0) is 36.1 Å². The van der Waals surface area contributed by atoms with Gasteiger partial charge in [-0.15, -0.1) is 11.3 Å². The van der Waals surface area contributed by atoms with Gasteiger partial charge in [0, 0.05) is 23.3 Å². The fourth-order valence-electron chi connectivity index (χ4n) is 3.74. The molecule has 28 heavy (non-hydrogen) atoms. The van der Waals surface area contributed by atoms with Gasteiger partial charge in [0.05, 0.1) is 24.1 Å². The van der Waals surface area contributed by atoms with Gasteiger partial charge in [0.1, 0.15) is 5.01 Å². The lowest BCUT2D eigenvalue weighted by Gasteiger charge is -2.25. The predicted octanol–water partition coefficient (Wildman–Crippen LogP) is 3.08. The standard InChI is InChI=1S/C21H19N3O3S/c25-19(26)11-21(9-15-3-1-2-4-16(15)10-21)20(27)23-12-18-24-17(13-28-18)14-5-7-22-8-6-14/h1-8,13H,9-12H2,(H,23,27)(H,25,26). The molecular weight excluding hydrogens is 374 g/mol. The van der Waals surface area contributed by atoms with Gasteiger partial charge in [-0.25, -0.2) is 4.98 Å². The summed E-state index contributed by atoms with van der Waals surface area (Å²) in [7, 11) is 0. The molecule has 1 aliphatic carbocycles. The van der Waals surface area contributed by atoms with E-state index in [-0.39, 0.29) is 18.9 Å². The highest BCUT2D eigenvalue weighted by Crippen LogP contribution is 2.40. The lowest BCUT2D eigenvalue weighted by molar-refractivity contribution is -0.145. The number of aliphatic carboxylic acids is 1. The SMILES string of the molecule is O=C(O)CC1(C(=O)NCc2nc(-c3ccncc3)cs2)Cc2ccccc2C1. The van der Waals surface area contributed by atoms with Crippen molar-refractivity contribution in [3.63, 3.8) is 0 Å². The van der Waals surface area contributed by atoms with Crippen LogP contribution in [0.5, 0.6) is 0 Å². The number of amides is 1. The van der Waals surface area contributed by atoms with Crippen LogP contribution in [0.4, 0.5) is 0 Å². The Labute approximate surface area is 166 Å². The number of carboxylic acids is 1. The number of nitrogens with one attached hydrogen (secondary N) is 1. The highest BCUT2D eigenvalue weighted by Gasteiger charge is 2.45. The number of hydrogen-bond acceptors (Lipinski definition) is 5. The third kappa shape index (κ3) is 3.66. The summed E-state index contributed by atoms with van der Waals surface area (Å²) in [6.07, 6.45) is 4.13. The number of pyridine rings is 1. The van der Waals surface area contributed by atoms with Crippen LogP contribution >= 0.6 is 11.3 Å². The molecule has 0 aliphatic heterocycles. The Bertz CT molecular complexity index is 991. The minimum Gasteiger partial charge on any atom is -0.481 e. The molecule has 0 bridgehead atoms. The fraction of sp³-hybridized carbons (Fsp3) is 0.238. The number of benzene rings is 1. The lowest BCUT2D eigenvalue weighted by atomic mass is 9.80. The van der Waals surface area contributed by atoms with E-state index in [2.05, 4.69) is 15.3 Å². The second-order valence-corrected chi connectivity index (χ2v) is 7.96. The molecule has 0 atom stereocenters. The summed E-state index contributed by atoms with van der Waals surface area (Å²) in [6.45, 7) is 0.284. The van der Waals surface area contributed by atoms with Crippen molar-refractivity contribution in [1.82, 2.24) is 15.3 Å². The molecule has 4 rings (SSSR count). The van der Waals surface area contributed by atoms with Crippen molar-refractivity contribution in [2.24, 2.45) is 5.41 Å². The number of nitrogens with zero attached hydrogens (tertiary/aromatic N) is 2. The van der Waals surface area contributed by atoms with Crippen LogP contribution in [-0.2, 0) is 29.0 Å². The van der Waals surface area contributed by atoms with Gasteiger partial charge < -0.3 is 10.4 Å². The van der Waals surface area contributed by atoms with E-state index in [1.807, 2.05) is 41.8 Å². The summed E-state index contributed by atoms with van der Waals surface area (Å²) in [5.74, 6) is -1.19. The molecule has 0 saturated carbocycles. The Morgan fingerprint density at radius 3 is 2.43 bits per heavy atom. The van der Waals surface area contributed by atoms with Gasteiger partial charge in [0.2, 0.25) is 5.91 Å². The zero-order chi connectivity index (χ0) is 19.6. The van der Waals surface area contributed by atoms with Gasteiger partial charge in [-0.2, -0.15) is 0 Å². The first-order valence-corrected chi connectivity index (χ1v) is 9.85. The lowest BCUT2D eigenvalue weighted by Crippen LogP contribution is -2.43. The van der Waals surface area contributed by atoms with E-state index in [0.717, 1.165) is 27.4 Å². The number of carbonyl (C=O) groups is 2. The van der Waals surface area contributed by atoms with E-state index in [4.69, 9.17) is 0 Å². The van der Waals surface area contributed by atoms with Gasteiger partial charge in [-0.1, -0.05) is 24.3 Å². The van der Waals surface area contributed by atoms with Crippen molar-refractivity contribution in [2.75, 3.05) is 0 Å². The first-order chi connectivity index (χ1) is 13.6. The molecular formula is C21H19N3O3S. The van der Waals surface area contributed by atoms with E-state index in [9.17, 15) is 14.7 Å². The summed E-state index contributed by atoms with van der Waals surface area (Å²) in [5.41, 5.74) is 2.96. The van der Waals surface area contributed by atoms with Crippen molar-refractivity contribution in [3.8, 4) is 11.3 Å². The molecule has 0 spiro atoms. The van der Waals surface area contributed by atoms with E-state index in [0.29, 0.717) is 12.8 Å². The van der Waals surface area contributed by atoms with Crippen molar-refractivity contribution >= 4 is 23.2 Å². The highest BCUT2D eigenvalue weighted by molar-refractivity contribution is 7.09. The number of rotatable bonds is 6. The first-order valence-electron chi connectivity index (χ1n) is 8.97. The maximum Gasteiger partial charge on any atom is 0.304 e. The second-order valence-electron chi connectivity index (χ2n) is 7.02. The summed E-state index contributed by atoms with van der Waals surface area (Å²) in [4.78, 5) is 33.0.